The van der Waals surface area contributed by atoms with Crippen molar-refractivity contribution in [2.24, 2.45) is 5.18 Å². The fourth-order valence-electron chi connectivity index (χ4n) is 0.713. The van der Waals surface area contributed by atoms with E-state index in [1.807, 2.05) is 30.3 Å². The summed E-state index contributed by atoms with van der Waals surface area (Å²) in [6.45, 7) is 0. The van der Waals surface area contributed by atoms with Gasteiger partial charge in [0.05, 0.1) is 0 Å². The lowest BCUT2D eigenvalue weighted by Gasteiger charge is -1.89. The van der Waals surface area contributed by atoms with Crippen molar-refractivity contribution >= 4 is 22.0 Å². The van der Waals surface area contributed by atoms with Gasteiger partial charge in [-0.25, -0.2) is 0 Å². The fourth-order valence-corrected chi connectivity index (χ4v) is 0.977. The summed E-state index contributed by atoms with van der Waals surface area (Å²) in [4.78, 5) is 9.94. The summed E-state index contributed by atoms with van der Waals surface area (Å²) in [6.07, 6.45) is 1.66. The monoisotopic (exact) mass is 211 g/mol. The number of hydrogen-bond donors (Lipinski definition) is 0. The van der Waals surface area contributed by atoms with Crippen molar-refractivity contribution in [2.45, 2.75) is 0 Å². The molecule has 0 saturated carbocycles. The van der Waals surface area contributed by atoms with Gasteiger partial charge in [-0.05, 0) is 32.7 Å². The van der Waals surface area contributed by atoms with Gasteiger partial charge in [-0.15, -0.1) is 4.91 Å². The molecule has 0 aliphatic heterocycles. The summed E-state index contributed by atoms with van der Waals surface area (Å²) in [6, 6.07) is 9.51. The Hall–Kier alpha value is -0.960. The van der Waals surface area contributed by atoms with E-state index in [1.54, 1.807) is 6.08 Å². The molecule has 0 heterocycles. The maximum atomic E-state index is 9.94. The van der Waals surface area contributed by atoms with Crippen molar-refractivity contribution in [3.63, 3.8) is 0 Å². The Morgan fingerprint density at radius 1 is 1.36 bits per heavy atom. The highest BCUT2D eigenvalue weighted by Crippen LogP contribution is 2.11. The number of halogens is 1. The van der Waals surface area contributed by atoms with E-state index in [-0.39, 0.29) is 0 Å². The van der Waals surface area contributed by atoms with Crippen molar-refractivity contribution in [2.75, 3.05) is 0 Å². The molecule has 56 valence electrons. The minimum atomic E-state index is 0.309. The molecule has 1 rings (SSSR count). The van der Waals surface area contributed by atoms with Crippen LogP contribution in [-0.2, 0) is 0 Å². The molecule has 2 nitrogen and oxygen atoms in total. The Labute approximate surface area is 73.0 Å². The molecule has 0 spiro atoms. The molecular formula is C8H6BrNO. The molecule has 3 heteroatoms. The first-order valence-corrected chi connectivity index (χ1v) is 3.88. The van der Waals surface area contributed by atoms with Gasteiger partial charge in [-0.2, -0.15) is 0 Å². The van der Waals surface area contributed by atoms with Gasteiger partial charge in [-0.3, -0.25) is 0 Å². The highest BCUT2D eigenvalue weighted by Gasteiger charge is 1.88. The molecule has 11 heavy (non-hydrogen) atoms. The van der Waals surface area contributed by atoms with Crippen LogP contribution < -0.4 is 0 Å². The van der Waals surface area contributed by atoms with Gasteiger partial charge in [-0.1, -0.05) is 30.3 Å². The van der Waals surface area contributed by atoms with E-state index in [0.29, 0.717) is 4.61 Å². The number of nitrogens with zero attached hydrogens (tertiary/aromatic N) is 1. The molecule has 0 unspecified atom stereocenters. The lowest BCUT2D eigenvalue weighted by molar-refractivity contribution is 1.52. The van der Waals surface area contributed by atoms with Gasteiger partial charge in [0.2, 0.25) is 0 Å². The number of benzene rings is 1. The second kappa shape index (κ2) is 4.03. The molecular weight excluding hydrogens is 206 g/mol. The van der Waals surface area contributed by atoms with Crippen LogP contribution in [0.25, 0.3) is 6.08 Å². The summed E-state index contributed by atoms with van der Waals surface area (Å²) in [5, 5.41) is 2.71. The van der Waals surface area contributed by atoms with Crippen molar-refractivity contribution < 1.29 is 0 Å². The Morgan fingerprint density at radius 2 is 2.00 bits per heavy atom. The van der Waals surface area contributed by atoms with Gasteiger partial charge >= 0.3 is 0 Å². The molecule has 0 radical (unpaired) electrons. The first-order chi connectivity index (χ1) is 5.33. The zero-order valence-electron chi connectivity index (χ0n) is 5.70. The molecule has 0 saturated heterocycles. The second-order valence-electron chi connectivity index (χ2n) is 1.97. The maximum Gasteiger partial charge on any atom is 0.151 e. The van der Waals surface area contributed by atoms with Gasteiger partial charge in [0.15, 0.2) is 4.61 Å². The van der Waals surface area contributed by atoms with Gasteiger partial charge < -0.3 is 0 Å². The molecule has 1 aromatic carbocycles. The van der Waals surface area contributed by atoms with E-state index in [9.17, 15) is 4.91 Å². The van der Waals surface area contributed by atoms with Crippen LogP contribution in [0.3, 0.4) is 0 Å². The normalized spacial score (nSPS) is 11.2. The van der Waals surface area contributed by atoms with Crippen LogP contribution >= 0.6 is 15.9 Å². The Kier molecular flexibility index (Phi) is 2.98. The second-order valence-corrected chi connectivity index (χ2v) is 2.78. The molecule has 0 atom stereocenters. The van der Waals surface area contributed by atoms with Crippen molar-refractivity contribution in [3.8, 4) is 0 Å². The first kappa shape index (κ1) is 8.14. The van der Waals surface area contributed by atoms with E-state index in [4.69, 9.17) is 0 Å². The first-order valence-electron chi connectivity index (χ1n) is 3.08. The van der Waals surface area contributed by atoms with Crippen LogP contribution in [0.2, 0.25) is 0 Å². The molecule has 0 aliphatic carbocycles. The number of hydrogen-bond acceptors (Lipinski definition) is 2. The zero-order chi connectivity index (χ0) is 8.10. The molecule has 0 bridgehead atoms. The maximum absolute atomic E-state index is 9.94. The van der Waals surface area contributed by atoms with Crippen LogP contribution in [0.4, 0.5) is 0 Å². The van der Waals surface area contributed by atoms with E-state index in [1.165, 1.54) is 0 Å². The highest BCUT2D eigenvalue weighted by atomic mass is 79.9. The number of nitroso groups, excluding NO2 is 1. The van der Waals surface area contributed by atoms with E-state index < -0.39 is 0 Å². The molecule has 1 aromatic rings. The molecule has 0 aromatic heterocycles. The topological polar surface area (TPSA) is 29.4 Å². The molecule has 0 aliphatic rings. The molecule has 0 amide bonds. The van der Waals surface area contributed by atoms with Gasteiger partial charge in [0, 0.05) is 0 Å². The average Bonchev–Trinajstić information content (AvgIpc) is 2.06. The lowest BCUT2D eigenvalue weighted by Crippen LogP contribution is -1.68. The fraction of sp³-hybridized carbons (Fsp3) is 0. The van der Waals surface area contributed by atoms with Crippen molar-refractivity contribution in [1.82, 2.24) is 0 Å². The predicted octanol–water partition coefficient (Wildman–Crippen LogP) is 3.15. The predicted molar refractivity (Wildman–Crippen MR) is 49.1 cm³/mol. The summed E-state index contributed by atoms with van der Waals surface area (Å²) in [5.74, 6) is 0. The zero-order valence-corrected chi connectivity index (χ0v) is 7.28. The van der Waals surface area contributed by atoms with E-state index >= 15 is 0 Å². The Bertz CT molecular complexity index is 269. The summed E-state index contributed by atoms with van der Waals surface area (Å²) >= 11 is 3.00. The van der Waals surface area contributed by atoms with Crippen molar-refractivity contribution in [3.05, 3.63) is 45.4 Å². The summed E-state index contributed by atoms with van der Waals surface area (Å²) in [7, 11) is 0. The lowest BCUT2D eigenvalue weighted by atomic mass is 10.2. The third kappa shape index (κ3) is 2.63. The third-order valence-electron chi connectivity index (χ3n) is 1.17. The summed E-state index contributed by atoms with van der Waals surface area (Å²) in [5.41, 5.74) is 0.957. The minimum Gasteiger partial charge on any atom is -0.144 e. The minimum absolute atomic E-state index is 0.309. The highest BCUT2D eigenvalue weighted by molar-refractivity contribution is 9.11. The van der Waals surface area contributed by atoms with Crippen LogP contribution in [0.1, 0.15) is 5.56 Å². The van der Waals surface area contributed by atoms with Gasteiger partial charge in [0.25, 0.3) is 0 Å². The largest absolute Gasteiger partial charge is 0.151 e. The smallest absolute Gasteiger partial charge is 0.144 e. The molecule has 0 fully saturated rings. The Morgan fingerprint density at radius 3 is 2.55 bits per heavy atom. The van der Waals surface area contributed by atoms with E-state index in [0.717, 1.165) is 5.56 Å². The molecule has 0 N–H and O–H groups in total. The average molecular weight is 212 g/mol. The van der Waals surface area contributed by atoms with Crippen LogP contribution in [0, 0.1) is 4.91 Å². The third-order valence-corrected chi connectivity index (χ3v) is 1.55. The standard InChI is InChI=1S/C8H6BrNO/c9-8(10-11)6-7-4-2-1-3-5-7/h1-6H. The van der Waals surface area contributed by atoms with Crippen molar-refractivity contribution in [1.29, 1.82) is 0 Å². The van der Waals surface area contributed by atoms with Gasteiger partial charge in [0.1, 0.15) is 0 Å². The van der Waals surface area contributed by atoms with Crippen LogP contribution in [0.5, 0.6) is 0 Å². The number of rotatable bonds is 2. The van der Waals surface area contributed by atoms with Crippen LogP contribution in [-0.4, -0.2) is 0 Å². The van der Waals surface area contributed by atoms with Crippen LogP contribution in [0.15, 0.2) is 40.1 Å². The SMILES string of the molecule is O=NC(Br)=Cc1ccccc1. The quantitative estimate of drug-likeness (QED) is 0.546. The Balaban J connectivity index is 2.87. The van der Waals surface area contributed by atoms with E-state index in [2.05, 4.69) is 21.1 Å². The summed E-state index contributed by atoms with van der Waals surface area (Å²) < 4.78 is 0.309.